The van der Waals surface area contributed by atoms with Gasteiger partial charge in [0.15, 0.2) is 0 Å². The molecule has 1 aromatic carbocycles. The van der Waals surface area contributed by atoms with Crippen molar-refractivity contribution in [2.24, 2.45) is 0 Å². The molecule has 2 N–H and O–H groups in total. The Morgan fingerprint density at radius 1 is 1.52 bits per heavy atom. The fourth-order valence-corrected chi connectivity index (χ4v) is 2.50. The van der Waals surface area contributed by atoms with Crippen molar-refractivity contribution in [3.63, 3.8) is 0 Å². The Bertz CT molecular complexity index is 690. The van der Waals surface area contributed by atoms with Crippen molar-refractivity contribution in [2.45, 2.75) is 6.04 Å². The number of hydrogen-bond donors (Lipinski definition) is 2. The first-order valence-electron chi connectivity index (χ1n) is 6.28. The molecule has 108 valence electrons. The summed E-state index contributed by atoms with van der Waals surface area (Å²) in [7, 11) is 1.62. The second-order valence-corrected chi connectivity index (χ2v) is 5.50. The number of nitriles is 1. The largest absolute Gasteiger partial charge is 0.394 e. The molecule has 0 saturated carbocycles. The van der Waals surface area contributed by atoms with Crippen LogP contribution < -0.4 is 0 Å². The number of amides is 1. The molecule has 0 bridgehead atoms. The molecule has 1 unspecified atom stereocenters. The SMILES string of the molecule is CN(C(=O)c1cc(C#N)c[nH]1)C(CO)c1cccc(Br)c1. The molecule has 2 aromatic rings. The van der Waals surface area contributed by atoms with Crippen molar-refractivity contribution < 1.29 is 9.90 Å². The molecule has 21 heavy (non-hydrogen) atoms. The molecule has 1 atom stereocenters. The quantitative estimate of drug-likeness (QED) is 0.891. The van der Waals surface area contributed by atoms with E-state index in [1.165, 1.54) is 17.2 Å². The Balaban J connectivity index is 2.25. The standard InChI is InChI=1S/C15H14BrN3O2/c1-19(15(21)13-5-10(7-17)8-18-13)14(9-20)11-3-2-4-12(16)6-11/h2-6,8,14,18,20H,9H2,1H3. The van der Waals surface area contributed by atoms with Gasteiger partial charge in [-0.15, -0.1) is 0 Å². The zero-order valence-electron chi connectivity index (χ0n) is 11.4. The van der Waals surface area contributed by atoms with Gasteiger partial charge in [0, 0.05) is 17.7 Å². The number of nitrogens with one attached hydrogen (secondary N) is 1. The summed E-state index contributed by atoms with van der Waals surface area (Å²) in [5.41, 5.74) is 1.55. The predicted molar refractivity (Wildman–Crippen MR) is 81.6 cm³/mol. The van der Waals surface area contributed by atoms with Crippen LogP contribution in [-0.4, -0.2) is 34.6 Å². The second-order valence-electron chi connectivity index (χ2n) is 4.58. The van der Waals surface area contributed by atoms with Crippen LogP contribution in [0.4, 0.5) is 0 Å². The van der Waals surface area contributed by atoms with Crippen molar-refractivity contribution in [2.75, 3.05) is 13.7 Å². The maximum Gasteiger partial charge on any atom is 0.270 e. The Morgan fingerprint density at radius 2 is 2.29 bits per heavy atom. The van der Waals surface area contributed by atoms with Crippen molar-refractivity contribution in [3.8, 4) is 6.07 Å². The van der Waals surface area contributed by atoms with Gasteiger partial charge in [-0.25, -0.2) is 0 Å². The molecule has 0 spiro atoms. The number of benzene rings is 1. The summed E-state index contributed by atoms with van der Waals surface area (Å²) < 4.78 is 0.880. The van der Waals surface area contributed by atoms with Crippen LogP contribution in [0, 0.1) is 11.3 Å². The van der Waals surface area contributed by atoms with Crippen LogP contribution in [0.15, 0.2) is 41.0 Å². The van der Waals surface area contributed by atoms with Crippen LogP contribution in [0.1, 0.15) is 27.7 Å². The predicted octanol–water partition coefficient (Wildman–Crippen LogP) is 2.45. The van der Waals surface area contributed by atoms with Gasteiger partial charge in [0.05, 0.1) is 18.2 Å². The fourth-order valence-electron chi connectivity index (χ4n) is 2.08. The van der Waals surface area contributed by atoms with E-state index in [-0.39, 0.29) is 12.5 Å². The lowest BCUT2D eigenvalue weighted by Crippen LogP contribution is -2.33. The summed E-state index contributed by atoms with van der Waals surface area (Å²) in [6.07, 6.45) is 1.48. The number of aromatic nitrogens is 1. The molecule has 0 aliphatic rings. The zero-order valence-corrected chi connectivity index (χ0v) is 13.0. The number of likely N-dealkylation sites (N-methyl/N-ethyl adjacent to an activating group) is 1. The minimum absolute atomic E-state index is 0.190. The zero-order chi connectivity index (χ0) is 15.4. The minimum Gasteiger partial charge on any atom is -0.394 e. The lowest BCUT2D eigenvalue weighted by Gasteiger charge is -2.26. The summed E-state index contributed by atoms with van der Waals surface area (Å²) in [5, 5.41) is 18.4. The van der Waals surface area contributed by atoms with Crippen molar-refractivity contribution in [1.82, 2.24) is 9.88 Å². The van der Waals surface area contributed by atoms with Crippen molar-refractivity contribution in [1.29, 1.82) is 5.26 Å². The number of hydrogen-bond acceptors (Lipinski definition) is 3. The van der Waals surface area contributed by atoms with E-state index < -0.39 is 6.04 Å². The van der Waals surface area contributed by atoms with Gasteiger partial charge in [-0.2, -0.15) is 5.26 Å². The number of halogens is 1. The number of carbonyl (C=O) groups excluding carboxylic acids is 1. The van der Waals surface area contributed by atoms with Gasteiger partial charge in [0.1, 0.15) is 11.8 Å². The van der Waals surface area contributed by atoms with E-state index >= 15 is 0 Å². The van der Waals surface area contributed by atoms with E-state index in [0.29, 0.717) is 11.3 Å². The Morgan fingerprint density at radius 3 is 2.86 bits per heavy atom. The topological polar surface area (TPSA) is 80.1 Å². The monoisotopic (exact) mass is 347 g/mol. The highest BCUT2D eigenvalue weighted by Crippen LogP contribution is 2.23. The van der Waals surface area contributed by atoms with Gasteiger partial charge in [-0.1, -0.05) is 28.1 Å². The third-order valence-corrected chi connectivity index (χ3v) is 3.73. The number of nitrogens with zero attached hydrogens (tertiary/aromatic N) is 2. The van der Waals surface area contributed by atoms with Gasteiger partial charge in [-0.05, 0) is 23.8 Å². The smallest absolute Gasteiger partial charge is 0.270 e. The number of H-pyrrole nitrogens is 1. The molecule has 2 rings (SSSR count). The number of rotatable bonds is 4. The second kappa shape index (κ2) is 6.57. The van der Waals surface area contributed by atoms with E-state index in [1.54, 1.807) is 7.05 Å². The molecular formula is C15H14BrN3O2. The van der Waals surface area contributed by atoms with Crippen LogP contribution in [0.25, 0.3) is 0 Å². The maximum absolute atomic E-state index is 12.4. The van der Waals surface area contributed by atoms with Crippen LogP contribution in [-0.2, 0) is 0 Å². The first-order valence-corrected chi connectivity index (χ1v) is 7.08. The van der Waals surface area contributed by atoms with Gasteiger partial charge >= 0.3 is 0 Å². The van der Waals surface area contributed by atoms with E-state index in [1.807, 2.05) is 30.3 Å². The lowest BCUT2D eigenvalue weighted by molar-refractivity contribution is 0.0653. The number of aliphatic hydroxyl groups is 1. The highest BCUT2D eigenvalue weighted by molar-refractivity contribution is 9.10. The molecular weight excluding hydrogens is 334 g/mol. The summed E-state index contributed by atoms with van der Waals surface area (Å²) in [6, 6.07) is 10.4. The van der Waals surface area contributed by atoms with Crippen LogP contribution in [0.2, 0.25) is 0 Å². The normalized spacial score (nSPS) is 11.7. The van der Waals surface area contributed by atoms with Gasteiger partial charge < -0.3 is 15.0 Å². The van der Waals surface area contributed by atoms with Crippen molar-refractivity contribution in [3.05, 3.63) is 57.8 Å². The van der Waals surface area contributed by atoms with Crippen LogP contribution in [0.3, 0.4) is 0 Å². The molecule has 1 aromatic heterocycles. The first-order chi connectivity index (χ1) is 10.1. The molecule has 0 aliphatic carbocycles. The highest BCUT2D eigenvalue weighted by atomic mass is 79.9. The van der Waals surface area contributed by atoms with Crippen LogP contribution in [0.5, 0.6) is 0 Å². The summed E-state index contributed by atoms with van der Waals surface area (Å²) in [4.78, 5) is 16.6. The van der Waals surface area contributed by atoms with E-state index in [0.717, 1.165) is 10.0 Å². The van der Waals surface area contributed by atoms with Gasteiger partial charge in [0.25, 0.3) is 5.91 Å². The van der Waals surface area contributed by atoms with E-state index in [9.17, 15) is 9.90 Å². The molecule has 0 radical (unpaired) electrons. The Labute approximate surface area is 130 Å². The molecule has 0 saturated heterocycles. The number of aromatic amines is 1. The molecule has 6 heteroatoms. The third-order valence-electron chi connectivity index (χ3n) is 3.24. The molecule has 5 nitrogen and oxygen atoms in total. The maximum atomic E-state index is 12.4. The van der Waals surface area contributed by atoms with Crippen molar-refractivity contribution >= 4 is 21.8 Å². The highest BCUT2D eigenvalue weighted by Gasteiger charge is 2.23. The molecule has 1 heterocycles. The Kier molecular flexibility index (Phi) is 4.78. The fraction of sp³-hybridized carbons (Fsp3) is 0.200. The minimum atomic E-state index is -0.455. The van der Waals surface area contributed by atoms with E-state index in [4.69, 9.17) is 5.26 Å². The van der Waals surface area contributed by atoms with Gasteiger partial charge in [0.2, 0.25) is 0 Å². The summed E-state index contributed by atoms with van der Waals surface area (Å²) in [5.74, 6) is -0.282. The summed E-state index contributed by atoms with van der Waals surface area (Å²) >= 11 is 3.38. The first kappa shape index (κ1) is 15.3. The molecule has 0 fully saturated rings. The van der Waals surface area contributed by atoms with Crippen LogP contribution >= 0.6 is 15.9 Å². The summed E-state index contributed by atoms with van der Waals surface area (Å²) in [6.45, 7) is -0.190. The van der Waals surface area contributed by atoms with E-state index in [2.05, 4.69) is 20.9 Å². The third kappa shape index (κ3) is 3.32. The number of aliphatic hydroxyl groups excluding tert-OH is 1. The average molecular weight is 348 g/mol. The lowest BCUT2D eigenvalue weighted by atomic mass is 10.1. The Hall–Kier alpha value is -2.10. The average Bonchev–Trinajstić information content (AvgIpc) is 2.96. The molecule has 0 aliphatic heterocycles. The van der Waals surface area contributed by atoms with Gasteiger partial charge in [-0.3, -0.25) is 4.79 Å². The molecule has 1 amide bonds. The number of carbonyl (C=O) groups is 1.